The van der Waals surface area contributed by atoms with Crippen molar-refractivity contribution in [3.63, 3.8) is 0 Å². The molecule has 4 N–H and O–H groups in total. The molecule has 0 amide bonds. The first-order chi connectivity index (χ1) is 14.3. The summed E-state index contributed by atoms with van der Waals surface area (Å²) in [5.74, 6) is -0.337. The van der Waals surface area contributed by atoms with E-state index in [0.29, 0.717) is 11.3 Å². The minimum atomic E-state index is -3.76. The van der Waals surface area contributed by atoms with Crippen LogP contribution in [0.3, 0.4) is 0 Å². The van der Waals surface area contributed by atoms with Gasteiger partial charge in [-0.15, -0.1) is 0 Å². The van der Waals surface area contributed by atoms with Crippen LogP contribution in [-0.4, -0.2) is 32.6 Å². The van der Waals surface area contributed by atoms with Crippen LogP contribution in [0.25, 0.3) is 11.1 Å². The lowest BCUT2D eigenvalue weighted by atomic mass is 10.1. The molecule has 156 valence electrons. The predicted octanol–water partition coefficient (Wildman–Crippen LogP) is 3.12. The number of carbonyl (C=O) groups is 1. The summed E-state index contributed by atoms with van der Waals surface area (Å²) in [6, 6.07) is 19.5. The van der Waals surface area contributed by atoms with Gasteiger partial charge in [-0.1, -0.05) is 36.4 Å². The second-order valence-electron chi connectivity index (χ2n) is 6.70. The minimum absolute atomic E-state index is 0.136. The van der Waals surface area contributed by atoms with Gasteiger partial charge in [-0.25, -0.2) is 8.42 Å². The van der Waals surface area contributed by atoms with E-state index in [1.165, 1.54) is 0 Å². The Kier molecular flexibility index (Phi) is 6.39. The van der Waals surface area contributed by atoms with E-state index in [2.05, 4.69) is 4.72 Å². The average Bonchev–Trinajstić information content (AvgIpc) is 2.75. The molecular weight excluding hydrogens is 404 g/mol. The Labute approximate surface area is 175 Å². The minimum Gasteiger partial charge on any atom is -0.497 e. The van der Waals surface area contributed by atoms with Gasteiger partial charge in [0.2, 0.25) is 0 Å². The number of aliphatic carboxylic acids is 1. The van der Waals surface area contributed by atoms with E-state index >= 15 is 0 Å². The van der Waals surface area contributed by atoms with Gasteiger partial charge in [0.05, 0.1) is 12.0 Å². The second-order valence-corrected chi connectivity index (χ2v) is 8.39. The number of hydrogen-bond acceptors (Lipinski definition) is 5. The van der Waals surface area contributed by atoms with E-state index in [1.54, 1.807) is 55.6 Å². The van der Waals surface area contributed by atoms with Crippen LogP contribution in [0.1, 0.15) is 5.56 Å². The van der Waals surface area contributed by atoms with Crippen LogP contribution in [-0.2, 0) is 21.2 Å². The highest BCUT2D eigenvalue weighted by molar-refractivity contribution is 7.92. The first-order valence-corrected chi connectivity index (χ1v) is 10.6. The standard InChI is InChI=1S/C22H22N2O5S/c1-29-19-10-4-16(5-11-19)17-6-12-20(13-7-17)30(27,28)24-18-8-2-15(3-9-18)14-21(23)22(25)26/h2-13,21,24H,14,23H2,1H3,(H,25,26). The lowest BCUT2D eigenvalue weighted by molar-refractivity contribution is -0.138. The molecule has 0 heterocycles. The number of nitrogens with one attached hydrogen (secondary N) is 1. The van der Waals surface area contributed by atoms with Crippen LogP contribution in [0, 0.1) is 0 Å². The van der Waals surface area contributed by atoms with Gasteiger partial charge in [0.15, 0.2) is 0 Å². The molecule has 0 aliphatic carbocycles. The Morgan fingerprint density at radius 2 is 1.50 bits per heavy atom. The van der Waals surface area contributed by atoms with Crippen molar-refractivity contribution in [1.29, 1.82) is 0 Å². The number of rotatable bonds is 8. The predicted molar refractivity (Wildman–Crippen MR) is 115 cm³/mol. The van der Waals surface area contributed by atoms with Crippen molar-refractivity contribution >= 4 is 21.7 Å². The van der Waals surface area contributed by atoms with Crippen LogP contribution >= 0.6 is 0 Å². The van der Waals surface area contributed by atoms with E-state index in [0.717, 1.165) is 16.9 Å². The van der Waals surface area contributed by atoms with Crippen LogP contribution in [0.5, 0.6) is 5.75 Å². The SMILES string of the molecule is COc1ccc(-c2ccc(S(=O)(=O)Nc3ccc(CC(N)C(=O)O)cc3)cc2)cc1. The van der Waals surface area contributed by atoms with Crippen LogP contribution in [0.4, 0.5) is 5.69 Å². The zero-order chi connectivity index (χ0) is 21.7. The van der Waals surface area contributed by atoms with Gasteiger partial charge >= 0.3 is 5.97 Å². The van der Waals surface area contributed by atoms with E-state index in [9.17, 15) is 13.2 Å². The first kappa shape index (κ1) is 21.4. The lowest BCUT2D eigenvalue weighted by Gasteiger charge is -2.11. The number of methoxy groups -OCH3 is 1. The fourth-order valence-corrected chi connectivity index (χ4v) is 3.93. The number of carboxylic acid groups (broad SMARTS) is 1. The largest absolute Gasteiger partial charge is 0.497 e. The summed E-state index contributed by atoms with van der Waals surface area (Å²) in [5, 5.41) is 8.87. The smallest absolute Gasteiger partial charge is 0.320 e. The molecule has 0 fully saturated rings. The molecular formula is C22H22N2O5S. The molecule has 3 aromatic carbocycles. The van der Waals surface area contributed by atoms with Crippen molar-refractivity contribution in [3.8, 4) is 16.9 Å². The summed E-state index contributed by atoms with van der Waals surface area (Å²) in [6.45, 7) is 0. The Morgan fingerprint density at radius 3 is 2.00 bits per heavy atom. The number of nitrogens with two attached hydrogens (primary N) is 1. The summed E-state index contributed by atoms with van der Waals surface area (Å²) < 4.78 is 33.0. The summed E-state index contributed by atoms with van der Waals surface area (Å²) in [6.07, 6.45) is 0.162. The molecule has 0 aromatic heterocycles. The van der Waals surface area contributed by atoms with Crippen molar-refractivity contribution in [2.75, 3.05) is 11.8 Å². The third-order valence-electron chi connectivity index (χ3n) is 4.57. The van der Waals surface area contributed by atoms with Crippen molar-refractivity contribution < 1.29 is 23.1 Å². The maximum absolute atomic E-state index is 12.7. The molecule has 3 rings (SSSR count). The van der Waals surface area contributed by atoms with Gasteiger partial charge < -0.3 is 15.6 Å². The molecule has 0 bridgehead atoms. The van der Waals surface area contributed by atoms with E-state index in [-0.39, 0.29) is 11.3 Å². The number of carboxylic acids is 1. The molecule has 0 saturated heterocycles. The quantitative estimate of drug-likeness (QED) is 0.509. The number of ether oxygens (including phenoxy) is 1. The monoisotopic (exact) mass is 426 g/mol. The van der Waals surface area contributed by atoms with Crippen LogP contribution in [0.2, 0.25) is 0 Å². The number of benzene rings is 3. The van der Waals surface area contributed by atoms with Crippen LogP contribution in [0.15, 0.2) is 77.7 Å². The molecule has 1 atom stereocenters. The molecule has 1 unspecified atom stereocenters. The number of sulfonamides is 1. The van der Waals surface area contributed by atoms with Gasteiger partial charge in [-0.2, -0.15) is 0 Å². The third kappa shape index (κ3) is 5.16. The molecule has 0 saturated carbocycles. The highest BCUT2D eigenvalue weighted by Crippen LogP contribution is 2.24. The molecule has 0 aliphatic heterocycles. The Morgan fingerprint density at radius 1 is 0.967 bits per heavy atom. The molecule has 30 heavy (non-hydrogen) atoms. The van der Waals surface area contributed by atoms with Crippen molar-refractivity contribution in [3.05, 3.63) is 78.4 Å². The maximum Gasteiger partial charge on any atom is 0.320 e. The van der Waals surface area contributed by atoms with Crippen molar-refractivity contribution in [2.24, 2.45) is 5.73 Å². The molecule has 7 nitrogen and oxygen atoms in total. The Bertz CT molecular complexity index is 1110. The van der Waals surface area contributed by atoms with Gasteiger partial charge in [-0.05, 0) is 59.5 Å². The maximum atomic E-state index is 12.7. The average molecular weight is 426 g/mol. The molecule has 3 aromatic rings. The summed E-state index contributed by atoms with van der Waals surface area (Å²) in [5.41, 5.74) is 8.43. The molecule has 8 heteroatoms. The van der Waals surface area contributed by atoms with Gasteiger partial charge in [-0.3, -0.25) is 9.52 Å². The number of anilines is 1. The normalized spacial score (nSPS) is 12.2. The third-order valence-corrected chi connectivity index (χ3v) is 5.96. The zero-order valence-corrected chi connectivity index (χ0v) is 17.1. The van der Waals surface area contributed by atoms with Crippen LogP contribution < -0.4 is 15.2 Å². The first-order valence-electron chi connectivity index (χ1n) is 9.13. The van der Waals surface area contributed by atoms with Crippen molar-refractivity contribution in [1.82, 2.24) is 0 Å². The molecule has 0 radical (unpaired) electrons. The molecule has 0 aliphatic rings. The zero-order valence-electron chi connectivity index (χ0n) is 16.3. The highest BCUT2D eigenvalue weighted by Gasteiger charge is 2.15. The van der Waals surface area contributed by atoms with E-state index in [4.69, 9.17) is 15.6 Å². The number of hydrogen-bond donors (Lipinski definition) is 3. The summed E-state index contributed by atoms with van der Waals surface area (Å²) in [7, 11) is -2.16. The van der Waals surface area contributed by atoms with E-state index < -0.39 is 22.0 Å². The molecule has 0 spiro atoms. The summed E-state index contributed by atoms with van der Waals surface area (Å²) >= 11 is 0. The topological polar surface area (TPSA) is 119 Å². The Balaban J connectivity index is 1.71. The van der Waals surface area contributed by atoms with Gasteiger partial charge in [0, 0.05) is 5.69 Å². The van der Waals surface area contributed by atoms with Crippen molar-refractivity contribution in [2.45, 2.75) is 17.4 Å². The fourth-order valence-electron chi connectivity index (χ4n) is 2.87. The van der Waals surface area contributed by atoms with Gasteiger partial charge in [0.1, 0.15) is 11.8 Å². The van der Waals surface area contributed by atoms with Gasteiger partial charge in [0.25, 0.3) is 10.0 Å². The fraction of sp³-hybridized carbons (Fsp3) is 0.136. The second kappa shape index (κ2) is 8.98. The van der Waals surface area contributed by atoms with E-state index in [1.807, 2.05) is 24.3 Å². The highest BCUT2D eigenvalue weighted by atomic mass is 32.2. The summed E-state index contributed by atoms with van der Waals surface area (Å²) in [4.78, 5) is 11.0. The Hall–Kier alpha value is -3.36. The lowest BCUT2D eigenvalue weighted by Crippen LogP contribution is -2.32.